The van der Waals surface area contributed by atoms with Gasteiger partial charge < -0.3 is 10.5 Å². The predicted octanol–water partition coefficient (Wildman–Crippen LogP) is 3.64. The minimum absolute atomic E-state index is 0.128. The van der Waals surface area contributed by atoms with Gasteiger partial charge in [-0.15, -0.1) is 0 Å². The van der Waals surface area contributed by atoms with E-state index in [0.717, 1.165) is 13.0 Å². The molecular formula is C21H20F3N3O. The number of aromatic nitrogens is 1. The number of hydrogen-bond acceptors (Lipinski definition) is 4. The Bertz CT molecular complexity index is 977. The van der Waals surface area contributed by atoms with E-state index in [2.05, 4.69) is 21.8 Å². The molecule has 0 saturated heterocycles. The minimum atomic E-state index is -3.55. The summed E-state index contributed by atoms with van der Waals surface area (Å²) in [5, 5.41) is 0. The van der Waals surface area contributed by atoms with E-state index in [4.69, 9.17) is 10.5 Å². The Hall–Kier alpha value is -2.85. The number of amidine groups is 1. The first-order chi connectivity index (χ1) is 13.1. The number of nitrogens with two attached hydrogens (primary N) is 1. The SMILES string of the molecule is CC1(C)OCC(N)=NC(C)(c2cc(C#Cc3ccccn3)ccc2F)C1(F)F. The Kier molecular flexibility index (Phi) is 4.94. The highest BCUT2D eigenvalue weighted by molar-refractivity contribution is 5.82. The van der Waals surface area contributed by atoms with Crippen LogP contribution in [0.1, 0.15) is 37.6 Å². The molecule has 1 aromatic carbocycles. The van der Waals surface area contributed by atoms with E-state index in [1.807, 2.05) is 0 Å². The Morgan fingerprint density at radius 3 is 2.54 bits per heavy atom. The molecular weight excluding hydrogens is 367 g/mol. The highest BCUT2D eigenvalue weighted by Gasteiger charge is 2.63. The average molecular weight is 387 g/mol. The largest absolute Gasteiger partial charge is 0.385 e. The lowest BCUT2D eigenvalue weighted by Gasteiger charge is -2.41. The minimum Gasteiger partial charge on any atom is -0.385 e. The number of pyridine rings is 1. The molecule has 0 amide bonds. The molecule has 0 aliphatic carbocycles. The number of benzene rings is 1. The van der Waals surface area contributed by atoms with Crippen LogP contribution in [0.3, 0.4) is 0 Å². The maximum Gasteiger partial charge on any atom is 0.304 e. The van der Waals surface area contributed by atoms with Crippen molar-refractivity contribution in [3.05, 3.63) is 65.2 Å². The van der Waals surface area contributed by atoms with Crippen LogP contribution in [0.25, 0.3) is 0 Å². The fourth-order valence-electron chi connectivity index (χ4n) is 3.10. The number of aliphatic imine (C=N–C) groups is 1. The van der Waals surface area contributed by atoms with E-state index in [1.54, 1.807) is 24.4 Å². The Morgan fingerprint density at radius 2 is 1.86 bits per heavy atom. The van der Waals surface area contributed by atoms with Gasteiger partial charge in [-0.05, 0) is 57.0 Å². The van der Waals surface area contributed by atoms with Crippen molar-refractivity contribution in [3.63, 3.8) is 0 Å². The zero-order chi connectivity index (χ0) is 20.6. The third-order valence-electron chi connectivity index (χ3n) is 4.81. The third kappa shape index (κ3) is 3.36. The first-order valence-electron chi connectivity index (χ1n) is 8.66. The van der Waals surface area contributed by atoms with Crippen LogP contribution in [0, 0.1) is 17.7 Å². The second-order valence-electron chi connectivity index (χ2n) is 7.21. The van der Waals surface area contributed by atoms with E-state index < -0.39 is 22.9 Å². The predicted molar refractivity (Wildman–Crippen MR) is 101 cm³/mol. The van der Waals surface area contributed by atoms with Crippen molar-refractivity contribution in [1.82, 2.24) is 4.98 Å². The molecule has 2 heterocycles. The van der Waals surface area contributed by atoms with Crippen LogP contribution in [-0.2, 0) is 10.3 Å². The van der Waals surface area contributed by atoms with Gasteiger partial charge in [-0.25, -0.2) is 18.2 Å². The molecule has 1 aliphatic heterocycles. The number of halogens is 3. The van der Waals surface area contributed by atoms with E-state index in [9.17, 15) is 4.39 Å². The molecule has 3 rings (SSSR count). The summed E-state index contributed by atoms with van der Waals surface area (Å²) in [6.07, 6.45) is 1.59. The fourth-order valence-corrected chi connectivity index (χ4v) is 3.10. The molecule has 1 atom stereocenters. The maximum absolute atomic E-state index is 15.4. The molecule has 28 heavy (non-hydrogen) atoms. The molecule has 2 aromatic rings. The molecule has 1 aromatic heterocycles. The molecule has 1 aliphatic rings. The fraction of sp³-hybridized carbons (Fsp3) is 0.333. The Balaban J connectivity index is 2.14. The molecule has 7 heteroatoms. The van der Waals surface area contributed by atoms with E-state index in [1.165, 1.54) is 26.0 Å². The summed E-state index contributed by atoms with van der Waals surface area (Å²) in [5.41, 5.74) is 2.15. The second kappa shape index (κ2) is 6.95. The van der Waals surface area contributed by atoms with Gasteiger partial charge in [0.15, 0.2) is 5.54 Å². The lowest BCUT2D eigenvalue weighted by Crippen LogP contribution is -2.56. The van der Waals surface area contributed by atoms with Crippen LogP contribution in [-0.4, -0.2) is 29.0 Å². The molecule has 0 radical (unpaired) electrons. The topological polar surface area (TPSA) is 60.5 Å². The van der Waals surface area contributed by atoms with Gasteiger partial charge in [0.1, 0.15) is 29.6 Å². The molecule has 4 nitrogen and oxygen atoms in total. The monoisotopic (exact) mass is 387 g/mol. The Labute approximate surface area is 161 Å². The quantitative estimate of drug-likeness (QED) is 0.760. The highest BCUT2D eigenvalue weighted by Crippen LogP contribution is 2.50. The average Bonchev–Trinajstić information content (AvgIpc) is 2.71. The summed E-state index contributed by atoms with van der Waals surface area (Å²) in [6.45, 7) is 3.37. The molecule has 2 N–H and O–H groups in total. The Morgan fingerprint density at radius 1 is 1.11 bits per heavy atom. The van der Waals surface area contributed by atoms with Gasteiger partial charge in [0, 0.05) is 17.3 Å². The van der Waals surface area contributed by atoms with E-state index >= 15 is 8.78 Å². The van der Waals surface area contributed by atoms with Crippen LogP contribution >= 0.6 is 0 Å². The lowest BCUT2D eigenvalue weighted by molar-refractivity contribution is -0.214. The van der Waals surface area contributed by atoms with Crippen molar-refractivity contribution in [2.24, 2.45) is 10.7 Å². The van der Waals surface area contributed by atoms with Gasteiger partial charge in [0.05, 0.1) is 0 Å². The van der Waals surface area contributed by atoms with Crippen LogP contribution in [0.15, 0.2) is 47.6 Å². The van der Waals surface area contributed by atoms with Crippen LogP contribution in [0.4, 0.5) is 13.2 Å². The van der Waals surface area contributed by atoms with Crippen molar-refractivity contribution in [1.29, 1.82) is 0 Å². The van der Waals surface area contributed by atoms with Crippen LogP contribution in [0.5, 0.6) is 0 Å². The number of alkyl halides is 2. The van der Waals surface area contributed by atoms with E-state index in [0.29, 0.717) is 11.3 Å². The smallest absolute Gasteiger partial charge is 0.304 e. The second-order valence-corrected chi connectivity index (χ2v) is 7.21. The molecule has 146 valence electrons. The van der Waals surface area contributed by atoms with Crippen molar-refractivity contribution in [2.45, 2.75) is 37.8 Å². The van der Waals surface area contributed by atoms with Gasteiger partial charge in [-0.1, -0.05) is 12.0 Å². The van der Waals surface area contributed by atoms with Gasteiger partial charge in [0.25, 0.3) is 0 Å². The van der Waals surface area contributed by atoms with Gasteiger partial charge in [-0.3, -0.25) is 4.99 Å². The van der Waals surface area contributed by atoms with Crippen LogP contribution in [0.2, 0.25) is 0 Å². The van der Waals surface area contributed by atoms with E-state index in [-0.39, 0.29) is 18.0 Å². The normalized spacial score (nSPS) is 23.1. The number of rotatable bonds is 1. The molecule has 0 bridgehead atoms. The number of ether oxygens (including phenoxy) is 1. The van der Waals surface area contributed by atoms with Crippen molar-refractivity contribution >= 4 is 5.84 Å². The van der Waals surface area contributed by atoms with Crippen LogP contribution < -0.4 is 5.73 Å². The number of hydrogen-bond donors (Lipinski definition) is 1. The standard InChI is InChI=1S/C21H20F3N3O/c1-19(2)21(23,24)20(3,27-18(25)13-28-19)16-12-14(8-10-17(16)22)7-9-15-6-4-5-11-26-15/h4-6,8,10-12H,13H2,1-3H3,(H2,25,27). The third-order valence-corrected chi connectivity index (χ3v) is 4.81. The zero-order valence-corrected chi connectivity index (χ0v) is 15.8. The highest BCUT2D eigenvalue weighted by atomic mass is 19.3. The summed E-state index contributed by atoms with van der Waals surface area (Å²) < 4.78 is 50.7. The summed E-state index contributed by atoms with van der Waals surface area (Å²) >= 11 is 0. The van der Waals surface area contributed by atoms with Crippen molar-refractivity contribution < 1.29 is 17.9 Å². The molecule has 1 unspecified atom stereocenters. The first-order valence-corrected chi connectivity index (χ1v) is 8.66. The van der Waals surface area contributed by atoms with Crippen molar-refractivity contribution in [3.8, 4) is 11.8 Å². The van der Waals surface area contributed by atoms with Gasteiger partial charge in [-0.2, -0.15) is 0 Å². The molecule has 0 fully saturated rings. The number of nitrogens with zero attached hydrogens (tertiary/aromatic N) is 2. The molecule has 0 spiro atoms. The zero-order valence-electron chi connectivity index (χ0n) is 15.8. The maximum atomic E-state index is 15.4. The van der Waals surface area contributed by atoms with Crippen molar-refractivity contribution in [2.75, 3.05) is 6.61 Å². The first kappa shape index (κ1) is 19.9. The van der Waals surface area contributed by atoms with Gasteiger partial charge >= 0.3 is 5.92 Å². The summed E-state index contributed by atoms with van der Waals surface area (Å²) in [7, 11) is 0. The summed E-state index contributed by atoms with van der Waals surface area (Å²) in [6, 6.07) is 9.04. The summed E-state index contributed by atoms with van der Waals surface area (Å²) in [5.74, 6) is 1.16. The summed E-state index contributed by atoms with van der Waals surface area (Å²) in [4.78, 5) is 8.04. The molecule has 0 saturated carbocycles. The lowest BCUT2D eigenvalue weighted by atomic mass is 9.77. The van der Waals surface area contributed by atoms with Gasteiger partial charge in [0.2, 0.25) is 0 Å².